The first-order valence-electron chi connectivity index (χ1n) is 6.66. The van der Waals surface area contributed by atoms with Gasteiger partial charge in [-0.15, -0.1) is 0 Å². The molecule has 1 fully saturated rings. The number of nitrogens with zero attached hydrogens (tertiary/aromatic N) is 3. The molecule has 0 amide bonds. The Morgan fingerprint density at radius 1 is 1.61 bits per heavy atom. The van der Waals surface area contributed by atoms with Crippen molar-refractivity contribution < 1.29 is 4.74 Å². The van der Waals surface area contributed by atoms with Crippen LogP contribution in [0.4, 0.5) is 0 Å². The van der Waals surface area contributed by atoms with Gasteiger partial charge in [-0.1, -0.05) is 6.92 Å². The average Bonchev–Trinajstić information content (AvgIpc) is 2.99. The Labute approximate surface area is 109 Å². The Kier molecular flexibility index (Phi) is 4.37. The third-order valence-electron chi connectivity index (χ3n) is 3.85. The molecule has 1 aliphatic rings. The minimum absolute atomic E-state index is 0.143. The minimum Gasteiger partial charge on any atom is -0.380 e. The SMILES string of the molecule is CCC(N)C(c1cnn(C)c1)N1CCC(OC)C1. The molecule has 18 heavy (non-hydrogen) atoms. The number of nitrogens with two attached hydrogens (primary N) is 1. The summed E-state index contributed by atoms with van der Waals surface area (Å²) in [4.78, 5) is 2.43. The Morgan fingerprint density at radius 2 is 2.39 bits per heavy atom. The lowest BCUT2D eigenvalue weighted by molar-refractivity contribution is 0.0971. The van der Waals surface area contributed by atoms with Gasteiger partial charge < -0.3 is 10.5 Å². The first kappa shape index (κ1) is 13.5. The first-order valence-corrected chi connectivity index (χ1v) is 6.66. The van der Waals surface area contributed by atoms with E-state index in [0.717, 1.165) is 25.9 Å². The fourth-order valence-corrected chi connectivity index (χ4v) is 2.74. The second-order valence-corrected chi connectivity index (χ2v) is 5.11. The summed E-state index contributed by atoms with van der Waals surface area (Å²) in [5.74, 6) is 0. The Hall–Kier alpha value is -0.910. The first-order chi connectivity index (χ1) is 8.65. The van der Waals surface area contributed by atoms with Gasteiger partial charge >= 0.3 is 0 Å². The summed E-state index contributed by atoms with van der Waals surface area (Å²) in [5, 5.41) is 4.27. The standard InChI is InChI=1S/C13H24N4O/c1-4-12(14)13(10-7-15-16(2)8-10)17-6-5-11(9-17)18-3/h7-8,11-13H,4-6,9,14H2,1-3H3. The maximum Gasteiger partial charge on any atom is 0.0710 e. The topological polar surface area (TPSA) is 56.3 Å². The van der Waals surface area contributed by atoms with E-state index in [0.29, 0.717) is 6.10 Å². The molecule has 0 aromatic carbocycles. The normalized spacial score (nSPS) is 24.3. The number of hydrogen-bond acceptors (Lipinski definition) is 4. The van der Waals surface area contributed by atoms with E-state index in [1.54, 1.807) is 7.11 Å². The number of rotatable bonds is 5. The molecule has 1 saturated heterocycles. The monoisotopic (exact) mass is 252 g/mol. The van der Waals surface area contributed by atoms with Gasteiger partial charge in [-0.3, -0.25) is 9.58 Å². The van der Waals surface area contributed by atoms with E-state index in [4.69, 9.17) is 10.5 Å². The van der Waals surface area contributed by atoms with Crippen LogP contribution in [0.1, 0.15) is 31.4 Å². The molecular formula is C13H24N4O. The Morgan fingerprint density at radius 3 is 2.89 bits per heavy atom. The molecule has 0 aliphatic carbocycles. The molecule has 2 heterocycles. The van der Waals surface area contributed by atoms with Crippen LogP contribution < -0.4 is 5.73 Å². The van der Waals surface area contributed by atoms with Gasteiger partial charge in [-0.05, 0) is 12.8 Å². The van der Waals surface area contributed by atoms with Gasteiger partial charge in [0.2, 0.25) is 0 Å². The highest BCUT2D eigenvalue weighted by Crippen LogP contribution is 2.29. The van der Waals surface area contributed by atoms with Gasteiger partial charge in [0.15, 0.2) is 0 Å². The lowest BCUT2D eigenvalue weighted by Gasteiger charge is -2.31. The van der Waals surface area contributed by atoms with Crippen molar-refractivity contribution >= 4 is 0 Å². The van der Waals surface area contributed by atoms with Crippen molar-refractivity contribution in [1.29, 1.82) is 0 Å². The van der Waals surface area contributed by atoms with Crippen molar-refractivity contribution in [1.82, 2.24) is 14.7 Å². The zero-order valence-electron chi connectivity index (χ0n) is 11.5. The summed E-state index contributed by atoms with van der Waals surface area (Å²) in [7, 11) is 3.73. The second kappa shape index (κ2) is 5.82. The quantitative estimate of drug-likeness (QED) is 0.846. The summed E-state index contributed by atoms with van der Waals surface area (Å²) in [5.41, 5.74) is 7.52. The number of aromatic nitrogens is 2. The smallest absolute Gasteiger partial charge is 0.0710 e. The Balaban J connectivity index is 2.16. The molecule has 0 radical (unpaired) electrons. The van der Waals surface area contributed by atoms with Gasteiger partial charge in [-0.2, -0.15) is 5.10 Å². The molecule has 0 bridgehead atoms. The molecule has 102 valence electrons. The van der Waals surface area contributed by atoms with Crippen molar-refractivity contribution in [3.63, 3.8) is 0 Å². The van der Waals surface area contributed by atoms with E-state index in [-0.39, 0.29) is 12.1 Å². The maximum atomic E-state index is 6.31. The van der Waals surface area contributed by atoms with Crippen molar-refractivity contribution in [3.05, 3.63) is 18.0 Å². The molecular weight excluding hydrogens is 228 g/mol. The molecule has 0 saturated carbocycles. The van der Waals surface area contributed by atoms with E-state index in [1.807, 2.05) is 17.9 Å². The van der Waals surface area contributed by atoms with Gasteiger partial charge in [0.1, 0.15) is 0 Å². The third kappa shape index (κ3) is 2.74. The van der Waals surface area contributed by atoms with Crippen molar-refractivity contribution in [2.45, 2.75) is 38.0 Å². The summed E-state index contributed by atoms with van der Waals surface area (Å²) < 4.78 is 7.28. The van der Waals surface area contributed by atoms with Crippen LogP contribution in [0.25, 0.3) is 0 Å². The third-order valence-corrected chi connectivity index (χ3v) is 3.85. The number of ether oxygens (including phenoxy) is 1. The number of aryl methyl sites for hydroxylation is 1. The molecule has 1 aromatic rings. The van der Waals surface area contributed by atoms with Crippen molar-refractivity contribution in [2.75, 3.05) is 20.2 Å². The number of hydrogen-bond donors (Lipinski definition) is 1. The lowest BCUT2D eigenvalue weighted by Crippen LogP contribution is -2.40. The van der Waals surface area contributed by atoms with Crippen LogP contribution in [0.3, 0.4) is 0 Å². The van der Waals surface area contributed by atoms with Crippen LogP contribution >= 0.6 is 0 Å². The molecule has 5 heteroatoms. The van der Waals surface area contributed by atoms with E-state index in [1.165, 1.54) is 5.56 Å². The predicted molar refractivity (Wildman–Crippen MR) is 71.2 cm³/mol. The molecule has 1 aliphatic heterocycles. The second-order valence-electron chi connectivity index (χ2n) is 5.11. The molecule has 2 rings (SSSR count). The highest BCUT2D eigenvalue weighted by molar-refractivity contribution is 5.14. The lowest BCUT2D eigenvalue weighted by atomic mass is 9.99. The van der Waals surface area contributed by atoms with Gasteiger partial charge in [0.25, 0.3) is 0 Å². The number of methoxy groups -OCH3 is 1. The zero-order valence-corrected chi connectivity index (χ0v) is 11.5. The van der Waals surface area contributed by atoms with Crippen LogP contribution in [-0.4, -0.2) is 47.0 Å². The van der Waals surface area contributed by atoms with Crippen molar-refractivity contribution in [3.8, 4) is 0 Å². The van der Waals surface area contributed by atoms with Crippen LogP contribution in [0, 0.1) is 0 Å². The number of likely N-dealkylation sites (tertiary alicyclic amines) is 1. The van der Waals surface area contributed by atoms with Crippen LogP contribution in [-0.2, 0) is 11.8 Å². The van der Waals surface area contributed by atoms with E-state index in [2.05, 4.69) is 23.1 Å². The predicted octanol–water partition coefficient (Wildman–Crippen LogP) is 0.919. The zero-order chi connectivity index (χ0) is 13.1. The Bertz CT molecular complexity index is 379. The summed E-state index contributed by atoms with van der Waals surface area (Å²) in [6.45, 7) is 4.15. The molecule has 3 unspecified atom stereocenters. The van der Waals surface area contributed by atoms with Gasteiger partial charge in [0, 0.05) is 45.0 Å². The fraction of sp³-hybridized carbons (Fsp3) is 0.769. The maximum absolute atomic E-state index is 6.31. The van der Waals surface area contributed by atoms with Crippen LogP contribution in [0.15, 0.2) is 12.4 Å². The van der Waals surface area contributed by atoms with Gasteiger partial charge in [-0.25, -0.2) is 0 Å². The molecule has 5 nitrogen and oxygen atoms in total. The fourth-order valence-electron chi connectivity index (χ4n) is 2.74. The molecule has 1 aromatic heterocycles. The van der Waals surface area contributed by atoms with Crippen molar-refractivity contribution in [2.24, 2.45) is 12.8 Å². The highest BCUT2D eigenvalue weighted by Gasteiger charge is 2.32. The largest absolute Gasteiger partial charge is 0.380 e. The molecule has 0 spiro atoms. The molecule has 2 N–H and O–H groups in total. The van der Waals surface area contributed by atoms with Crippen LogP contribution in [0.5, 0.6) is 0 Å². The summed E-state index contributed by atoms with van der Waals surface area (Å²) in [6, 6.07) is 0.397. The average molecular weight is 252 g/mol. The van der Waals surface area contributed by atoms with Gasteiger partial charge in [0.05, 0.1) is 18.3 Å². The summed E-state index contributed by atoms with van der Waals surface area (Å²) >= 11 is 0. The van der Waals surface area contributed by atoms with E-state index < -0.39 is 0 Å². The van der Waals surface area contributed by atoms with Crippen LogP contribution in [0.2, 0.25) is 0 Å². The van der Waals surface area contributed by atoms with E-state index >= 15 is 0 Å². The highest BCUT2D eigenvalue weighted by atomic mass is 16.5. The minimum atomic E-state index is 0.143. The summed E-state index contributed by atoms with van der Waals surface area (Å²) in [6.07, 6.45) is 6.39. The molecule has 3 atom stereocenters. The van der Waals surface area contributed by atoms with E-state index in [9.17, 15) is 0 Å².